The van der Waals surface area contributed by atoms with Crippen molar-refractivity contribution in [2.45, 2.75) is 33.2 Å². The number of aryl methyl sites for hydroxylation is 1. The molecule has 0 aromatic carbocycles. The third-order valence-electron chi connectivity index (χ3n) is 2.81. The van der Waals surface area contributed by atoms with Crippen molar-refractivity contribution in [1.29, 1.82) is 0 Å². The second-order valence-corrected chi connectivity index (χ2v) is 4.37. The van der Waals surface area contributed by atoms with Crippen LogP contribution in [0.25, 0.3) is 0 Å². The van der Waals surface area contributed by atoms with Crippen molar-refractivity contribution in [1.82, 2.24) is 9.88 Å². The average Bonchev–Trinajstić information content (AvgIpc) is 2.77. The van der Waals surface area contributed by atoms with E-state index in [0.29, 0.717) is 18.7 Å². The van der Waals surface area contributed by atoms with Gasteiger partial charge in [0.25, 0.3) is 5.91 Å². The summed E-state index contributed by atoms with van der Waals surface area (Å²) in [6.07, 6.45) is 3.28. The highest BCUT2D eigenvalue weighted by atomic mass is 16.4. The van der Waals surface area contributed by atoms with E-state index >= 15 is 0 Å². The van der Waals surface area contributed by atoms with Crippen LogP contribution in [0, 0.1) is 5.92 Å². The lowest BCUT2D eigenvalue weighted by Gasteiger charge is -2.10. The van der Waals surface area contributed by atoms with Crippen LogP contribution in [-0.2, 0) is 11.3 Å². The largest absolute Gasteiger partial charge is 0.481 e. The Bertz CT molecular complexity index is 412. The molecule has 5 heteroatoms. The quantitative estimate of drug-likeness (QED) is 0.776. The molecule has 0 bridgehead atoms. The van der Waals surface area contributed by atoms with Gasteiger partial charge in [-0.2, -0.15) is 0 Å². The highest BCUT2D eigenvalue weighted by molar-refractivity contribution is 5.92. The van der Waals surface area contributed by atoms with Gasteiger partial charge in [-0.25, -0.2) is 0 Å². The highest BCUT2D eigenvalue weighted by Gasteiger charge is 2.13. The lowest BCUT2D eigenvalue weighted by molar-refractivity contribution is -0.141. The van der Waals surface area contributed by atoms with Gasteiger partial charge in [-0.3, -0.25) is 9.59 Å². The molecule has 18 heavy (non-hydrogen) atoms. The molecule has 1 rings (SSSR count). The Morgan fingerprint density at radius 2 is 2.22 bits per heavy atom. The predicted octanol–water partition coefficient (Wildman–Crippen LogP) is 1.74. The number of hydrogen-bond donors (Lipinski definition) is 2. The molecule has 0 aliphatic rings. The second kappa shape index (κ2) is 6.83. The van der Waals surface area contributed by atoms with E-state index in [1.54, 1.807) is 13.0 Å². The highest BCUT2D eigenvalue weighted by Crippen LogP contribution is 2.04. The fourth-order valence-corrected chi connectivity index (χ4v) is 1.67. The van der Waals surface area contributed by atoms with Crippen molar-refractivity contribution in [3.63, 3.8) is 0 Å². The number of rotatable bonds is 7. The van der Waals surface area contributed by atoms with Crippen LogP contribution in [-0.4, -0.2) is 28.1 Å². The summed E-state index contributed by atoms with van der Waals surface area (Å²) < 4.78 is 1.90. The summed E-state index contributed by atoms with van der Waals surface area (Å²) >= 11 is 0. The molecule has 1 aromatic heterocycles. The number of nitrogens with zero attached hydrogens (tertiary/aromatic N) is 1. The fraction of sp³-hybridized carbons (Fsp3) is 0.538. The number of aliphatic carboxylic acids is 1. The molecule has 1 heterocycles. The first kappa shape index (κ1) is 14.3. The summed E-state index contributed by atoms with van der Waals surface area (Å²) in [4.78, 5) is 22.5. The molecule has 0 saturated carbocycles. The lowest BCUT2D eigenvalue weighted by Crippen LogP contribution is -2.28. The molecular weight excluding hydrogens is 232 g/mol. The van der Waals surface area contributed by atoms with Crippen LogP contribution in [0.1, 0.15) is 37.2 Å². The molecule has 5 nitrogen and oxygen atoms in total. The minimum absolute atomic E-state index is 0.147. The van der Waals surface area contributed by atoms with Gasteiger partial charge in [-0.15, -0.1) is 0 Å². The van der Waals surface area contributed by atoms with E-state index in [1.807, 2.05) is 16.8 Å². The van der Waals surface area contributed by atoms with E-state index in [1.165, 1.54) is 0 Å². The molecule has 0 aliphatic carbocycles. The van der Waals surface area contributed by atoms with E-state index in [-0.39, 0.29) is 5.91 Å². The van der Waals surface area contributed by atoms with Crippen molar-refractivity contribution in [2.24, 2.45) is 5.92 Å². The molecule has 1 amide bonds. The summed E-state index contributed by atoms with van der Waals surface area (Å²) in [6.45, 7) is 4.87. The van der Waals surface area contributed by atoms with Gasteiger partial charge in [0.1, 0.15) is 5.69 Å². The maximum Gasteiger partial charge on any atom is 0.306 e. The van der Waals surface area contributed by atoms with E-state index in [4.69, 9.17) is 5.11 Å². The van der Waals surface area contributed by atoms with Crippen molar-refractivity contribution in [3.8, 4) is 0 Å². The first-order valence-corrected chi connectivity index (χ1v) is 6.22. The van der Waals surface area contributed by atoms with Gasteiger partial charge in [0.05, 0.1) is 5.92 Å². The molecule has 100 valence electrons. The van der Waals surface area contributed by atoms with Crippen LogP contribution in [0.15, 0.2) is 18.3 Å². The Kier molecular flexibility index (Phi) is 5.42. The van der Waals surface area contributed by atoms with E-state index in [0.717, 1.165) is 13.0 Å². The zero-order valence-corrected chi connectivity index (χ0v) is 10.8. The molecule has 2 N–H and O–H groups in total. The van der Waals surface area contributed by atoms with Crippen LogP contribution >= 0.6 is 0 Å². The van der Waals surface area contributed by atoms with Gasteiger partial charge in [-0.05, 0) is 25.0 Å². The summed E-state index contributed by atoms with van der Waals surface area (Å²) in [5.74, 6) is -1.42. The third-order valence-corrected chi connectivity index (χ3v) is 2.81. The van der Waals surface area contributed by atoms with Crippen molar-refractivity contribution in [2.75, 3.05) is 6.54 Å². The third kappa shape index (κ3) is 3.91. The van der Waals surface area contributed by atoms with E-state index in [2.05, 4.69) is 12.2 Å². The first-order chi connectivity index (χ1) is 8.56. The smallest absolute Gasteiger partial charge is 0.306 e. The second-order valence-electron chi connectivity index (χ2n) is 4.37. The number of hydrogen-bond acceptors (Lipinski definition) is 2. The van der Waals surface area contributed by atoms with Gasteiger partial charge in [-0.1, -0.05) is 13.8 Å². The van der Waals surface area contributed by atoms with Gasteiger partial charge < -0.3 is 15.0 Å². The number of amides is 1. The monoisotopic (exact) mass is 252 g/mol. The number of carbonyl (C=O) groups is 2. The van der Waals surface area contributed by atoms with Gasteiger partial charge in [0.15, 0.2) is 0 Å². The number of carboxylic acid groups (broad SMARTS) is 1. The van der Waals surface area contributed by atoms with Crippen LogP contribution in [0.3, 0.4) is 0 Å². The Labute approximate surface area is 107 Å². The molecule has 0 spiro atoms. The standard InChI is InChI=1S/C13H20N2O3/c1-3-8-15-9-4-5-11(15)12(16)14-7-6-10(2)13(17)18/h4-5,9-10H,3,6-8H2,1-2H3,(H,14,16)(H,17,18). The molecule has 0 radical (unpaired) electrons. The van der Waals surface area contributed by atoms with Gasteiger partial charge in [0, 0.05) is 19.3 Å². The van der Waals surface area contributed by atoms with E-state index in [9.17, 15) is 9.59 Å². The summed E-state index contributed by atoms with van der Waals surface area (Å²) in [6, 6.07) is 3.61. The molecule has 0 fully saturated rings. The van der Waals surface area contributed by atoms with Gasteiger partial charge in [0.2, 0.25) is 0 Å². The predicted molar refractivity (Wildman–Crippen MR) is 68.5 cm³/mol. The molecule has 0 saturated heterocycles. The SMILES string of the molecule is CCCn1cccc1C(=O)NCCC(C)C(=O)O. The van der Waals surface area contributed by atoms with E-state index < -0.39 is 11.9 Å². The van der Waals surface area contributed by atoms with Crippen LogP contribution in [0.5, 0.6) is 0 Å². The molecule has 1 aromatic rings. The Hall–Kier alpha value is -1.78. The number of nitrogens with one attached hydrogen (secondary N) is 1. The first-order valence-electron chi connectivity index (χ1n) is 6.22. The Morgan fingerprint density at radius 1 is 1.50 bits per heavy atom. The zero-order chi connectivity index (χ0) is 13.5. The molecular formula is C13H20N2O3. The lowest BCUT2D eigenvalue weighted by atomic mass is 10.1. The Balaban J connectivity index is 2.45. The minimum Gasteiger partial charge on any atom is -0.481 e. The zero-order valence-electron chi connectivity index (χ0n) is 10.8. The minimum atomic E-state index is -0.835. The number of aromatic nitrogens is 1. The number of carbonyl (C=O) groups excluding carboxylic acids is 1. The van der Waals surface area contributed by atoms with Crippen LogP contribution in [0.4, 0.5) is 0 Å². The average molecular weight is 252 g/mol. The van der Waals surface area contributed by atoms with Gasteiger partial charge >= 0.3 is 5.97 Å². The molecule has 0 aliphatic heterocycles. The van der Waals surface area contributed by atoms with Crippen molar-refractivity contribution >= 4 is 11.9 Å². The Morgan fingerprint density at radius 3 is 2.83 bits per heavy atom. The summed E-state index contributed by atoms with van der Waals surface area (Å²) in [5, 5.41) is 11.5. The van der Waals surface area contributed by atoms with Crippen LogP contribution < -0.4 is 5.32 Å². The summed E-state index contributed by atoms with van der Waals surface area (Å²) in [7, 11) is 0. The summed E-state index contributed by atoms with van der Waals surface area (Å²) in [5.41, 5.74) is 0.625. The maximum atomic E-state index is 11.9. The van der Waals surface area contributed by atoms with Crippen molar-refractivity contribution in [3.05, 3.63) is 24.0 Å². The topological polar surface area (TPSA) is 71.3 Å². The maximum absolute atomic E-state index is 11.9. The molecule has 1 atom stereocenters. The van der Waals surface area contributed by atoms with Crippen LogP contribution in [0.2, 0.25) is 0 Å². The number of carboxylic acids is 1. The van der Waals surface area contributed by atoms with Crippen molar-refractivity contribution < 1.29 is 14.7 Å². The normalized spacial score (nSPS) is 12.1. The fourth-order valence-electron chi connectivity index (χ4n) is 1.67. The molecule has 1 unspecified atom stereocenters.